The zero-order valence-corrected chi connectivity index (χ0v) is 19.7. The minimum atomic E-state index is -3.19. The third-order valence-corrected chi connectivity index (χ3v) is 8.57. The molecule has 32 heavy (non-hydrogen) atoms. The van der Waals surface area contributed by atoms with Crippen molar-refractivity contribution in [3.63, 3.8) is 0 Å². The van der Waals surface area contributed by atoms with Crippen LogP contribution < -0.4 is 19.1 Å². The average Bonchev–Trinajstić information content (AvgIpc) is 3.23. The number of hydrogen-bond acceptors (Lipinski definition) is 7. The Labute approximate surface area is 195 Å². The number of amides is 1. The standard InChI is InChI=1S/C21H21ClN2O6S2/c1-28-15-7-8-18(29-2)16(9-15)24-17-11-32(26,27)12-19(17)31-21(24)23-20(25)10-30-14-5-3-13(22)4-6-14/h3-9,17,19H,10-12H2,1-2H3. The van der Waals surface area contributed by atoms with E-state index in [9.17, 15) is 13.2 Å². The lowest BCUT2D eigenvalue weighted by molar-refractivity contribution is -0.119. The molecule has 8 nitrogen and oxygen atoms in total. The van der Waals surface area contributed by atoms with Crippen molar-refractivity contribution in [1.29, 1.82) is 0 Å². The van der Waals surface area contributed by atoms with Crippen LogP contribution in [0.5, 0.6) is 17.2 Å². The van der Waals surface area contributed by atoms with Crippen LogP contribution in [-0.2, 0) is 14.6 Å². The van der Waals surface area contributed by atoms with Gasteiger partial charge in [0.15, 0.2) is 21.6 Å². The second kappa shape index (κ2) is 9.21. The SMILES string of the molecule is COc1ccc(OC)c(N2C(=NC(=O)COc3ccc(Cl)cc3)SC3CS(=O)(=O)CC32)c1. The summed E-state index contributed by atoms with van der Waals surface area (Å²) in [5, 5.41) is 0.737. The third kappa shape index (κ3) is 4.82. The van der Waals surface area contributed by atoms with Gasteiger partial charge in [-0.25, -0.2) is 8.42 Å². The van der Waals surface area contributed by atoms with Crippen molar-refractivity contribution < 1.29 is 27.4 Å². The molecule has 2 atom stereocenters. The number of ether oxygens (including phenoxy) is 3. The highest BCUT2D eigenvalue weighted by atomic mass is 35.5. The summed E-state index contributed by atoms with van der Waals surface area (Å²) < 4.78 is 40.9. The van der Waals surface area contributed by atoms with Crippen LogP contribution in [0.1, 0.15) is 0 Å². The Morgan fingerprint density at radius 1 is 1.12 bits per heavy atom. The number of nitrogens with zero attached hydrogens (tertiary/aromatic N) is 2. The molecule has 0 spiro atoms. The Morgan fingerprint density at radius 3 is 2.53 bits per heavy atom. The number of carbonyl (C=O) groups excluding carboxylic acids is 1. The lowest BCUT2D eigenvalue weighted by Gasteiger charge is -2.26. The number of hydrogen-bond donors (Lipinski definition) is 0. The molecule has 170 valence electrons. The molecule has 2 aromatic carbocycles. The fourth-order valence-corrected chi connectivity index (χ4v) is 7.70. The van der Waals surface area contributed by atoms with Gasteiger partial charge in [0.25, 0.3) is 5.91 Å². The Balaban J connectivity index is 1.63. The molecule has 2 saturated heterocycles. The molecule has 11 heteroatoms. The number of fused-ring (bicyclic) bond motifs is 1. The number of anilines is 1. The number of benzene rings is 2. The van der Waals surface area contributed by atoms with Crippen molar-refractivity contribution in [3.8, 4) is 17.2 Å². The van der Waals surface area contributed by atoms with Gasteiger partial charge < -0.3 is 19.1 Å². The summed E-state index contributed by atoms with van der Waals surface area (Å²) in [6, 6.07) is 11.5. The van der Waals surface area contributed by atoms with E-state index in [4.69, 9.17) is 25.8 Å². The predicted octanol–water partition coefficient (Wildman–Crippen LogP) is 3.04. The first-order valence-corrected chi connectivity index (χ1v) is 12.8. The van der Waals surface area contributed by atoms with Crippen molar-refractivity contribution >= 4 is 50.0 Å². The number of halogens is 1. The number of carbonyl (C=O) groups is 1. The van der Waals surface area contributed by atoms with E-state index in [0.717, 1.165) is 0 Å². The van der Waals surface area contributed by atoms with Gasteiger partial charge in [0.05, 0.1) is 37.5 Å². The van der Waals surface area contributed by atoms with Crippen molar-refractivity contribution in [2.24, 2.45) is 4.99 Å². The van der Waals surface area contributed by atoms with Gasteiger partial charge >= 0.3 is 0 Å². The molecule has 2 fully saturated rings. The summed E-state index contributed by atoms with van der Waals surface area (Å²) >= 11 is 7.14. The second-order valence-corrected chi connectivity index (χ2v) is 11.0. The van der Waals surface area contributed by atoms with E-state index in [1.54, 1.807) is 54.5 Å². The summed E-state index contributed by atoms with van der Waals surface area (Å²) in [6.45, 7) is -0.261. The van der Waals surface area contributed by atoms with Gasteiger partial charge in [-0.3, -0.25) is 4.79 Å². The molecule has 0 bridgehead atoms. The van der Waals surface area contributed by atoms with Gasteiger partial charge in [0.1, 0.15) is 17.2 Å². The van der Waals surface area contributed by atoms with Crippen LogP contribution in [-0.4, -0.2) is 63.1 Å². The highest BCUT2D eigenvalue weighted by Crippen LogP contribution is 2.44. The maximum Gasteiger partial charge on any atom is 0.285 e. The van der Waals surface area contributed by atoms with Gasteiger partial charge in [0, 0.05) is 16.3 Å². The fraction of sp³-hybridized carbons (Fsp3) is 0.333. The molecule has 0 radical (unpaired) electrons. The molecule has 0 aromatic heterocycles. The van der Waals surface area contributed by atoms with Crippen molar-refractivity contribution in [2.75, 3.05) is 37.2 Å². The molecule has 0 aliphatic carbocycles. The van der Waals surface area contributed by atoms with E-state index >= 15 is 0 Å². The zero-order chi connectivity index (χ0) is 22.9. The number of thioether (sulfide) groups is 1. The average molecular weight is 497 g/mol. The van der Waals surface area contributed by atoms with Gasteiger partial charge in [0.2, 0.25) is 0 Å². The number of rotatable bonds is 6. The second-order valence-electron chi connectivity index (χ2n) is 7.24. The van der Waals surface area contributed by atoms with Crippen molar-refractivity contribution in [3.05, 3.63) is 47.5 Å². The van der Waals surface area contributed by atoms with E-state index in [1.807, 2.05) is 0 Å². The largest absolute Gasteiger partial charge is 0.497 e. The normalized spacial score (nSPS) is 22.6. The third-order valence-electron chi connectivity index (χ3n) is 5.11. The van der Waals surface area contributed by atoms with Crippen molar-refractivity contribution in [2.45, 2.75) is 11.3 Å². The van der Waals surface area contributed by atoms with Crippen LogP contribution in [0, 0.1) is 0 Å². The minimum absolute atomic E-state index is 0.0274. The molecule has 2 aromatic rings. The van der Waals surface area contributed by atoms with Gasteiger partial charge in [-0.1, -0.05) is 23.4 Å². The smallest absolute Gasteiger partial charge is 0.285 e. The molecular formula is C21H21ClN2O6S2. The summed E-state index contributed by atoms with van der Waals surface area (Å²) in [5.41, 5.74) is 0.592. The molecule has 0 saturated carbocycles. The van der Waals surface area contributed by atoms with Crippen LogP contribution in [0.3, 0.4) is 0 Å². The van der Waals surface area contributed by atoms with Crippen LogP contribution in [0.25, 0.3) is 0 Å². The number of sulfone groups is 1. The molecule has 2 aliphatic rings. The van der Waals surface area contributed by atoms with Gasteiger partial charge in [-0.15, -0.1) is 0 Å². The molecule has 1 amide bonds. The Bertz CT molecular complexity index is 1150. The topological polar surface area (TPSA) is 94.5 Å². The molecule has 0 N–H and O–H groups in total. The summed E-state index contributed by atoms with van der Waals surface area (Å²) in [6.07, 6.45) is 0. The summed E-state index contributed by atoms with van der Waals surface area (Å²) in [5.74, 6) is 1.10. The van der Waals surface area contributed by atoms with E-state index < -0.39 is 15.7 Å². The molecular weight excluding hydrogens is 476 g/mol. The van der Waals surface area contributed by atoms with Gasteiger partial charge in [-0.05, 0) is 36.4 Å². The lowest BCUT2D eigenvalue weighted by Crippen LogP contribution is -2.38. The quantitative estimate of drug-likeness (QED) is 0.602. The number of methoxy groups -OCH3 is 2. The monoisotopic (exact) mass is 496 g/mol. The highest BCUT2D eigenvalue weighted by molar-refractivity contribution is 8.16. The van der Waals surface area contributed by atoms with Crippen molar-refractivity contribution in [1.82, 2.24) is 0 Å². The number of amidine groups is 1. The maximum absolute atomic E-state index is 12.6. The fourth-order valence-electron chi connectivity index (χ4n) is 3.65. The molecule has 2 heterocycles. The first-order chi connectivity index (χ1) is 15.3. The first-order valence-electron chi connectivity index (χ1n) is 9.68. The summed E-state index contributed by atoms with van der Waals surface area (Å²) in [7, 11) is -0.125. The zero-order valence-electron chi connectivity index (χ0n) is 17.4. The Hall–Kier alpha value is -2.43. The highest BCUT2D eigenvalue weighted by Gasteiger charge is 2.50. The Kier molecular flexibility index (Phi) is 6.55. The maximum atomic E-state index is 12.6. The van der Waals surface area contributed by atoms with Crippen LogP contribution in [0.15, 0.2) is 47.5 Å². The lowest BCUT2D eigenvalue weighted by atomic mass is 10.2. The molecule has 4 rings (SSSR count). The van der Waals surface area contributed by atoms with Crippen LogP contribution >= 0.6 is 23.4 Å². The molecule has 2 aliphatic heterocycles. The van der Waals surface area contributed by atoms with Gasteiger partial charge in [-0.2, -0.15) is 4.99 Å². The predicted molar refractivity (Wildman–Crippen MR) is 125 cm³/mol. The van der Waals surface area contributed by atoms with E-state index in [0.29, 0.717) is 33.1 Å². The van der Waals surface area contributed by atoms with Crippen LogP contribution in [0.2, 0.25) is 5.02 Å². The minimum Gasteiger partial charge on any atom is -0.497 e. The van der Waals surface area contributed by atoms with Crippen LogP contribution in [0.4, 0.5) is 5.69 Å². The first kappa shape index (κ1) is 22.8. The van der Waals surface area contributed by atoms with E-state index in [-0.39, 0.29) is 29.4 Å². The van der Waals surface area contributed by atoms with E-state index in [1.165, 1.54) is 18.9 Å². The van der Waals surface area contributed by atoms with E-state index in [2.05, 4.69) is 4.99 Å². The Morgan fingerprint density at radius 2 is 1.84 bits per heavy atom. The number of aliphatic imine (C=N–C) groups is 1. The summed E-state index contributed by atoms with van der Waals surface area (Å²) in [4.78, 5) is 18.6. The molecule has 2 unspecified atom stereocenters.